The normalized spacial score (nSPS) is 20.1. The van der Waals surface area contributed by atoms with Gasteiger partial charge in [0.25, 0.3) is 5.91 Å². The Morgan fingerprint density at radius 1 is 1.25 bits per heavy atom. The number of rotatable bonds is 6. The highest BCUT2D eigenvalue weighted by Gasteiger charge is 2.37. The second-order valence-electron chi connectivity index (χ2n) is 9.12. The van der Waals surface area contributed by atoms with Crippen LogP contribution in [0.15, 0.2) is 36.0 Å². The Balaban J connectivity index is 2.01. The van der Waals surface area contributed by atoms with Gasteiger partial charge in [0.1, 0.15) is 11.6 Å². The van der Waals surface area contributed by atoms with Crippen molar-refractivity contribution in [3.63, 3.8) is 0 Å². The Kier molecular flexibility index (Phi) is 6.90. The van der Waals surface area contributed by atoms with Crippen molar-refractivity contribution in [1.29, 1.82) is 5.26 Å². The molecule has 0 radical (unpaired) electrons. The second-order valence-corrected chi connectivity index (χ2v) is 9.12. The summed E-state index contributed by atoms with van der Waals surface area (Å²) < 4.78 is 0. The average molecular weight is 383 g/mol. The number of hydrogen-bond donors (Lipinski definition) is 3. The molecule has 1 unspecified atom stereocenters. The SMILES string of the molecule is CCc1ccc(C(C)NC(=O)/C(C#N)=C\NC2CC(C)(C)NC(C)(C)C2)cc1. The number of nitrogens with one attached hydrogen (secondary N) is 3. The molecule has 0 spiro atoms. The number of nitriles is 1. The van der Waals surface area contributed by atoms with Gasteiger partial charge in [-0.25, -0.2) is 0 Å². The summed E-state index contributed by atoms with van der Waals surface area (Å²) >= 11 is 0. The van der Waals surface area contributed by atoms with Crippen LogP contribution >= 0.6 is 0 Å². The van der Waals surface area contributed by atoms with Gasteiger partial charge in [-0.1, -0.05) is 31.2 Å². The minimum absolute atomic E-state index is 0.00148. The number of piperidine rings is 1. The van der Waals surface area contributed by atoms with Gasteiger partial charge in [0.2, 0.25) is 0 Å². The van der Waals surface area contributed by atoms with Crippen molar-refractivity contribution in [3.05, 3.63) is 47.2 Å². The largest absolute Gasteiger partial charge is 0.387 e. The highest BCUT2D eigenvalue weighted by atomic mass is 16.1. The maximum atomic E-state index is 12.6. The molecule has 0 saturated carbocycles. The predicted molar refractivity (Wildman–Crippen MR) is 114 cm³/mol. The van der Waals surface area contributed by atoms with E-state index >= 15 is 0 Å². The highest BCUT2D eigenvalue weighted by Crippen LogP contribution is 2.28. The number of benzene rings is 1. The lowest BCUT2D eigenvalue weighted by Gasteiger charge is -2.46. The molecule has 1 aliphatic heterocycles. The Hall–Kier alpha value is -2.32. The van der Waals surface area contributed by atoms with E-state index < -0.39 is 0 Å². The van der Waals surface area contributed by atoms with Gasteiger partial charge < -0.3 is 16.0 Å². The Morgan fingerprint density at radius 2 is 1.82 bits per heavy atom. The van der Waals surface area contributed by atoms with E-state index in [9.17, 15) is 10.1 Å². The van der Waals surface area contributed by atoms with Crippen LogP contribution in [-0.2, 0) is 11.2 Å². The number of aryl methyl sites for hydroxylation is 1. The van der Waals surface area contributed by atoms with Crippen molar-refractivity contribution in [2.75, 3.05) is 0 Å². The quantitative estimate of drug-likeness (QED) is 0.517. The number of hydrogen-bond acceptors (Lipinski definition) is 4. The van der Waals surface area contributed by atoms with Gasteiger partial charge in [-0.2, -0.15) is 5.26 Å². The molecule has 0 aliphatic carbocycles. The van der Waals surface area contributed by atoms with Crippen molar-refractivity contribution < 1.29 is 4.79 Å². The summed E-state index contributed by atoms with van der Waals surface area (Å²) in [4.78, 5) is 12.6. The molecule has 1 aromatic rings. The van der Waals surface area contributed by atoms with Crippen molar-refractivity contribution in [2.45, 2.75) is 84.0 Å². The van der Waals surface area contributed by atoms with Crippen LogP contribution in [0.2, 0.25) is 0 Å². The van der Waals surface area contributed by atoms with Crippen LogP contribution in [0.4, 0.5) is 0 Å². The first-order valence-corrected chi connectivity index (χ1v) is 10.1. The van der Waals surface area contributed by atoms with Crippen LogP contribution in [0.5, 0.6) is 0 Å². The Morgan fingerprint density at radius 3 is 2.32 bits per heavy atom. The third kappa shape index (κ3) is 6.10. The van der Waals surface area contributed by atoms with Crippen LogP contribution in [0, 0.1) is 11.3 Å². The lowest BCUT2D eigenvalue weighted by Crippen LogP contribution is -2.61. The first-order chi connectivity index (χ1) is 13.0. The molecule has 5 nitrogen and oxygen atoms in total. The van der Waals surface area contributed by atoms with Crippen LogP contribution in [0.1, 0.15) is 71.6 Å². The molecule has 2 rings (SSSR count). The van der Waals surface area contributed by atoms with Crippen LogP contribution in [-0.4, -0.2) is 23.0 Å². The Labute approximate surface area is 169 Å². The molecule has 1 aromatic carbocycles. The van der Waals surface area contributed by atoms with E-state index in [2.05, 4.69) is 62.7 Å². The van der Waals surface area contributed by atoms with E-state index in [-0.39, 0.29) is 34.6 Å². The number of nitrogens with zero attached hydrogens (tertiary/aromatic N) is 1. The summed E-state index contributed by atoms with van der Waals surface area (Å²) in [6.45, 7) is 12.7. The first-order valence-electron chi connectivity index (χ1n) is 10.1. The highest BCUT2D eigenvalue weighted by molar-refractivity contribution is 5.97. The molecular formula is C23H34N4O. The zero-order valence-electron chi connectivity index (χ0n) is 18.0. The lowest BCUT2D eigenvalue weighted by molar-refractivity contribution is -0.117. The molecule has 1 heterocycles. The van der Waals surface area contributed by atoms with Gasteiger partial charge in [0, 0.05) is 23.3 Å². The minimum atomic E-state index is -0.352. The van der Waals surface area contributed by atoms with E-state index in [1.807, 2.05) is 25.1 Å². The third-order valence-corrected chi connectivity index (χ3v) is 5.25. The van der Waals surface area contributed by atoms with Crippen molar-refractivity contribution >= 4 is 5.91 Å². The molecule has 0 aromatic heterocycles. The lowest BCUT2D eigenvalue weighted by atomic mass is 9.80. The summed E-state index contributed by atoms with van der Waals surface area (Å²) in [5, 5.41) is 19.3. The third-order valence-electron chi connectivity index (χ3n) is 5.25. The summed E-state index contributed by atoms with van der Waals surface area (Å²) in [6, 6.07) is 10.3. The average Bonchev–Trinajstić information content (AvgIpc) is 2.59. The molecule has 1 fully saturated rings. The second kappa shape index (κ2) is 8.79. The summed E-state index contributed by atoms with van der Waals surface area (Å²) in [7, 11) is 0. The standard InChI is InChI=1S/C23H34N4O/c1-7-17-8-10-18(11-9-17)16(2)26-21(28)19(14-24)15-25-20-12-22(3,4)27-23(5,6)13-20/h8-11,15-16,20,25,27H,7,12-13H2,1-6H3,(H,26,28)/b19-15-. The summed E-state index contributed by atoms with van der Waals surface area (Å²) in [5.41, 5.74) is 2.39. The maximum Gasteiger partial charge on any atom is 0.263 e. The number of carbonyl (C=O) groups is 1. The molecule has 1 atom stereocenters. The van der Waals surface area contributed by atoms with Crippen LogP contribution < -0.4 is 16.0 Å². The molecule has 1 amide bonds. The molecule has 152 valence electrons. The molecule has 1 saturated heterocycles. The zero-order valence-corrected chi connectivity index (χ0v) is 18.0. The van der Waals surface area contributed by atoms with Crippen molar-refractivity contribution in [3.8, 4) is 6.07 Å². The van der Waals surface area contributed by atoms with Crippen LogP contribution in [0.25, 0.3) is 0 Å². The fourth-order valence-electron chi connectivity index (χ4n) is 4.19. The van der Waals surface area contributed by atoms with E-state index in [0.717, 1.165) is 24.8 Å². The molecule has 0 bridgehead atoms. The smallest absolute Gasteiger partial charge is 0.263 e. The van der Waals surface area contributed by atoms with E-state index in [0.29, 0.717) is 0 Å². The maximum absolute atomic E-state index is 12.6. The topological polar surface area (TPSA) is 77.0 Å². The number of amides is 1. The minimum Gasteiger partial charge on any atom is -0.387 e. The first kappa shape index (κ1) is 22.0. The molecule has 1 aliphatic rings. The van der Waals surface area contributed by atoms with Gasteiger partial charge in [0.05, 0.1) is 6.04 Å². The van der Waals surface area contributed by atoms with Gasteiger partial charge in [-0.3, -0.25) is 4.79 Å². The van der Waals surface area contributed by atoms with Gasteiger partial charge in [-0.15, -0.1) is 0 Å². The van der Waals surface area contributed by atoms with Gasteiger partial charge >= 0.3 is 0 Å². The Bertz CT molecular complexity index is 740. The van der Waals surface area contributed by atoms with Crippen LogP contribution in [0.3, 0.4) is 0 Å². The predicted octanol–water partition coefficient (Wildman–Crippen LogP) is 3.73. The monoisotopic (exact) mass is 382 g/mol. The summed E-state index contributed by atoms with van der Waals surface area (Å²) in [6.07, 6.45) is 4.41. The fraction of sp³-hybridized carbons (Fsp3) is 0.565. The van der Waals surface area contributed by atoms with E-state index in [1.54, 1.807) is 6.20 Å². The molecule has 28 heavy (non-hydrogen) atoms. The fourth-order valence-corrected chi connectivity index (χ4v) is 4.19. The van der Waals surface area contributed by atoms with E-state index in [1.165, 1.54) is 5.56 Å². The zero-order chi connectivity index (χ0) is 20.9. The van der Waals surface area contributed by atoms with Crippen molar-refractivity contribution in [2.24, 2.45) is 0 Å². The van der Waals surface area contributed by atoms with Gasteiger partial charge in [0.15, 0.2) is 0 Å². The van der Waals surface area contributed by atoms with Crippen molar-refractivity contribution in [1.82, 2.24) is 16.0 Å². The molecular weight excluding hydrogens is 348 g/mol. The number of carbonyl (C=O) groups excluding carboxylic acids is 1. The summed E-state index contributed by atoms with van der Waals surface area (Å²) in [5.74, 6) is -0.352. The van der Waals surface area contributed by atoms with Gasteiger partial charge in [-0.05, 0) is 65.0 Å². The molecule has 3 N–H and O–H groups in total. The van der Waals surface area contributed by atoms with E-state index in [4.69, 9.17) is 0 Å². The molecule has 5 heteroatoms.